The molecule has 0 radical (unpaired) electrons. The molecule has 0 saturated heterocycles. The van der Waals surface area contributed by atoms with Crippen LogP contribution in [0.5, 0.6) is 0 Å². The van der Waals surface area contributed by atoms with E-state index in [0.29, 0.717) is 11.5 Å². The summed E-state index contributed by atoms with van der Waals surface area (Å²) in [6, 6.07) is 14.0. The van der Waals surface area contributed by atoms with Gasteiger partial charge in [0.2, 0.25) is 0 Å². The van der Waals surface area contributed by atoms with E-state index in [-0.39, 0.29) is 10.6 Å². The zero-order valence-corrected chi connectivity index (χ0v) is 13.7. The topological polar surface area (TPSA) is 0 Å². The Morgan fingerprint density at radius 1 is 1.00 bits per heavy atom. The Labute approximate surface area is 129 Å². The average molecular weight is 335 g/mol. The zero-order chi connectivity index (χ0) is 14.7. The molecule has 0 aliphatic heterocycles. The van der Waals surface area contributed by atoms with Gasteiger partial charge in [-0.05, 0) is 47.6 Å². The third-order valence-corrected chi connectivity index (χ3v) is 4.94. The maximum atomic E-state index is 13.3. The summed E-state index contributed by atoms with van der Waals surface area (Å²) in [5.74, 6) is 0.437. The quantitative estimate of drug-likeness (QED) is 0.590. The zero-order valence-electron chi connectivity index (χ0n) is 12.2. The minimum atomic E-state index is -0.152. The summed E-state index contributed by atoms with van der Waals surface area (Å²) in [5.41, 5.74) is 4.33. The summed E-state index contributed by atoms with van der Waals surface area (Å²) in [6.45, 7) is 6.24. The first-order valence-corrected chi connectivity index (χ1v) is 7.94. The molecule has 0 nitrogen and oxygen atoms in total. The minimum absolute atomic E-state index is 0.104. The van der Waals surface area contributed by atoms with Gasteiger partial charge in [0.25, 0.3) is 0 Å². The summed E-state index contributed by atoms with van der Waals surface area (Å²) < 4.78 is 13.3. The van der Waals surface area contributed by atoms with Crippen LogP contribution >= 0.6 is 15.9 Å². The van der Waals surface area contributed by atoms with Gasteiger partial charge in [0.15, 0.2) is 0 Å². The molecule has 2 unspecified atom stereocenters. The van der Waals surface area contributed by atoms with Gasteiger partial charge >= 0.3 is 0 Å². The van der Waals surface area contributed by atoms with E-state index < -0.39 is 0 Å². The molecule has 0 fully saturated rings. The first kappa shape index (κ1) is 15.2. The number of aryl methyl sites for hydroxylation is 1. The highest BCUT2D eigenvalue weighted by Crippen LogP contribution is 2.32. The molecular formula is C18H20BrF. The van der Waals surface area contributed by atoms with Crippen LogP contribution in [-0.4, -0.2) is 0 Å². The second-order valence-electron chi connectivity index (χ2n) is 5.35. The number of halogens is 2. The number of hydrogen-bond donors (Lipinski definition) is 0. The van der Waals surface area contributed by atoms with Crippen LogP contribution in [0.15, 0.2) is 42.5 Å². The monoisotopic (exact) mass is 334 g/mol. The van der Waals surface area contributed by atoms with Crippen LogP contribution in [0.4, 0.5) is 4.39 Å². The largest absolute Gasteiger partial charge is 0.207 e. The van der Waals surface area contributed by atoms with Gasteiger partial charge in [-0.25, -0.2) is 4.39 Å². The molecule has 0 amide bonds. The molecule has 0 spiro atoms. The summed E-state index contributed by atoms with van der Waals surface area (Å²) in [5, 5.41) is 0. The van der Waals surface area contributed by atoms with Crippen LogP contribution in [0.3, 0.4) is 0 Å². The molecule has 0 N–H and O–H groups in total. The van der Waals surface area contributed by atoms with Crippen LogP contribution in [0.2, 0.25) is 0 Å². The van der Waals surface area contributed by atoms with Gasteiger partial charge in [-0.3, -0.25) is 0 Å². The lowest BCUT2D eigenvalue weighted by Crippen LogP contribution is -1.96. The highest BCUT2D eigenvalue weighted by Gasteiger charge is 2.12. The molecule has 20 heavy (non-hydrogen) atoms. The van der Waals surface area contributed by atoms with E-state index in [9.17, 15) is 4.39 Å². The summed E-state index contributed by atoms with van der Waals surface area (Å²) >= 11 is 3.71. The molecule has 0 aromatic heterocycles. The molecule has 2 heteroatoms. The van der Waals surface area contributed by atoms with Gasteiger partial charge in [0.05, 0.1) is 4.83 Å². The predicted molar refractivity (Wildman–Crippen MR) is 87.1 cm³/mol. The lowest BCUT2D eigenvalue weighted by atomic mass is 9.96. The van der Waals surface area contributed by atoms with Crippen LogP contribution in [-0.2, 0) is 0 Å². The Hall–Kier alpha value is -1.15. The Bertz CT molecular complexity index is 574. The molecule has 0 aliphatic rings. The second-order valence-corrected chi connectivity index (χ2v) is 6.26. The van der Waals surface area contributed by atoms with E-state index in [1.54, 1.807) is 6.92 Å². The Morgan fingerprint density at radius 2 is 1.55 bits per heavy atom. The summed E-state index contributed by atoms with van der Waals surface area (Å²) in [7, 11) is 0. The number of benzene rings is 2. The third kappa shape index (κ3) is 3.29. The molecule has 0 aliphatic carbocycles. The molecule has 2 aromatic carbocycles. The smallest absolute Gasteiger partial charge is 0.126 e. The molecule has 2 atom stereocenters. The Kier molecular flexibility index (Phi) is 4.98. The third-order valence-electron chi connectivity index (χ3n) is 3.89. The molecule has 0 heterocycles. The SMILES string of the molecule is CCC(C)c1ccc(C(Br)c2ccc(F)c(C)c2)cc1. The normalized spacial score (nSPS) is 14.1. The number of alkyl halides is 1. The van der Waals surface area contributed by atoms with Crippen LogP contribution in [0.1, 0.15) is 53.3 Å². The van der Waals surface area contributed by atoms with Crippen LogP contribution in [0, 0.1) is 12.7 Å². The summed E-state index contributed by atoms with van der Waals surface area (Å²) in [4.78, 5) is 0.104. The summed E-state index contributed by atoms with van der Waals surface area (Å²) in [6.07, 6.45) is 1.15. The van der Waals surface area contributed by atoms with E-state index in [2.05, 4.69) is 54.0 Å². The van der Waals surface area contributed by atoms with E-state index >= 15 is 0 Å². The van der Waals surface area contributed by atoms with Crippen molar-refractivity contribution in [2.45, 2.75) is 37.9 Å². The van der Waals surface area contributed by atoms with Gasteiger partial charge in [-0.1, -0.05) is 66.2 Å². The maximum Gasteiger partial charge on any atom is 0.126 e. The fourth-order valence-electron chi connectivity index (χ4n) is 2.25. The molecular weight excluding hydrogens is 315 g/mol. The van der Waals surface area contributed by atoms with Crippen molar-refractivity contribution in [3.05, 3.63) is 70.5 Å². The lowest BCUT2D eigenvalue weighted by Gasteiger charge is -2.14. The fraction of sp³-hybridized carbons (Fsp3) is 0.333. The van der Waals surface area contributed by atoms with E-state index in [1.165, 1.54) is 17.2 Å². The van der Waals surface area contributed by atoms with Crippen LogP contribution < -0.4 is 0 Å². The fourth-order valence-corrected chi connectivity index (χ4v) is 2.84. The van der Waals surface area contributed by atoms with Crippen molar-refractivity contribution in [1.29, 1.82) is 0 Å². The van der Waals surface area contributed by atoms with Crippen molar-refractivity contribution >= 4 is 15.9 Å². The standard InChI is InChI=1S/C18H20BrF/c1-4-12(2)14-5-7-15(8-6-14)18(19)16-9-10-17(20)13(3)11-16/h5-12,18H,4H2,1-3H3. The van der Waals surface area contributed by atoms with Gasteiger partial charge in [0, 0.05) is 0 Å². The maximum absolute atomic E-state index is 13.3. The van der Waals surface area contributed by atoms with Crippen molar-refractivity contribution in [3.63, 3.8) is 0 Å². The van der Waals surface area contributed by atoms with Crippen LogP contribution in [0.25, 0.3) is 0 Å². The lowest BCUT2D eigenvalue weighted by molar-refractivity contribution is 0.618. The van der Waals surface area contributed by atoms with Gasteiger partial charge < -0.3 is 0 Å². The number of rotatable bonds is 4. The van der Waals surface area contributed by atoms with E-state index in [1.807, 2.05) is 12.1 Å². The van der Waals surface area contributed by atoms with E-state index in [4.69, 9.17) is 0 Å². The van der Waals surface area contributed by atoms with Crippen molar-refractivity contribution in [3.8, 4) is 0 Å². The number of hydrogen-bond acceptors (Lipinski definition) is 0. The molecule has 0 bridgehead atoms. The molecule has 0 saturated carbocycles. The van der Waals surface area contributed by atoms with Gasteiger partial charge in [-0.15, -0.1) is 0 Å². The molecule has 2 aromatic rings. The Balaban J connectivity index is 2.24. The van der Waals surface area contributed by atoms with Gasteiger partial charge in [0.1, 0.15) is 5.82 Å². The Morgan fingerprint density at radius 3 is 2.10 bits per heavy atom. The molecule has 2 rings (SSSR count). The van der Waals surface area contributed by atoms with Crippen molar-refractivity contribution < 1.29 is 4.39 Å². The van der Waals surface area contributed by atoms with Crippen molar-refractivity contribution in [1.82, 2.24) is 0 Å². The van der Waals surface area contributed by atoms with Crippen molar-refractivity contribution in [2.75, 3.05) is 0 Å². The first-order chi connectivity index (χ1) is 9.52. The first-order valence-electron chi connectivity index (χ1n) is 7.03. The van der Waals surface area contributed by atoms with Crippen molar-refractivity contribution in [2.24, 2.45) is 0 Å². The van der Waals surface area contributed by atoms with Gasteiger partial charge in [-0.2, -0.15) is 0 Å². The minimum Gasteiger partial charge on any atom is -0.207 e. The highest BCUT2D eigenvalue weighted by molar-refractivity contribution is 9.09. The molecule has 106 valence electrons. The predicted octanol–water partition coefficient (Wildman–Crippen LogP) is 6.13. The highest BCUT2D eigenvalue weighted by atomic mass is 79.9. The second kappa shape index (κ2) is 6.53. The average Bonchev–Trinajstić information content (AvgIpc) is 2.48. The van der Waals surface area contributed by atoms with E-state index in [0.717, 1.165) is 12.0 Å².